The summed E-state index contributed by atoms with van der Waals surface area (Å²) in [5.74, 6) is 0.984. The quantitative estimate of drug-likeness (QED) is 0.543. The van der Waals surface area contributed by atoms with Crippen LogP contribution in [0, 0.1) is 6.92 Å². The van der Waals surface area contributed by atoms with Crippen molar-refractivity contribution in [2.75, 3.05) is 0 Å². The van der Waals surface area contributed by atoms with Gasteiger partial charge in [0.15, 0.2) is 0 Å². The van der Waals surface area contributed by atoms with Crippen molar-refractivity contribution in [1.82, 2.24) is 19.7 Å². The lowest BCUT2D eigenvalue weighted by molar-refractivity contribution is 0.727. The smallest absolute Gasteiger partial charge is 0.105 e. The number of nitrogens with zero attached hydrogens (tertiary/aromatic N) is 4. The lowest BCUT2D eigenvalue weighted by atomic mass is 9.96. The van der Waals surface area contributed by atoms with E-state index < -0.39 is 0 Å². The molecule has 2 aromatic carbocycles. The van der Waals surface area contributed by atoms with Gasteiger partial charge in [-0.05, 0) is 53.3 Å². The maximum Gasteiger partial charge on any atom is 0.105 e. The van der Waals surface area contributed by atoms with Crippen LogP contribution in [0.1, 0.15) is 22.6 Å². The Balaban J connectivity index is 0.00000168. The second-order valence-electron chi connectivity index (χ2n) is 6.65. The molecule has 130 valence electrons. The van der Waals surface area contributed by atoms with Gasteiger partial charge in [-0.1, -0.05) is 30.3 Å². The first-order valence-electron chi connectivity index (χ1n) is 8.63. The summed E-state index contributed by atoms with van der Waals surface area (Å²) in [5, 5.41) is 11.3. The standard InChI is InChI=1S/C21H18N4.ClH/c1-14-22-9-10-25(14)13-18-11-17(12-23-24-18)19-8-7-16-6-5-15-3-2-4-20(19)21(15)16;/h2-4,7-12H,5-6,13H2,1H3;1H. The zero-order valence-electron chi connectivity index (χ0n) is 14.5. The van der Waals surface area contributed by atoms with Crippen LogP contribution >= 0.6 is 12.4 Å². The minimum absolute atomic E-state index is 0. The van der Waals surface area contributed by atoms with Gasteiger partial charge < -0.3 is 4.57 Å². The SMILES string of the molecule is Cc1nccn1Cc1cc(-c2ccc3c4c(cccc24)CC3)cnn1.Cl. The predicted molar refractivity (Wildman–Crippen MR) is 106 cm³/mol. The van der Waals surface area contributed by atoms with Gasteiger partial charge in [0, 0.05) is 18.0 Å². The van der Waals surface area contributed by atoms with Gasteiger partial charge >= 0.3 is 0 Å². The number of aryl methyl sites for hydroxylation is 3. The molecule has 0 aliphatic heterocycles. The third-order valence-electron chi connectivity index (χ3n) is 5.15. The van der Waals surface area contributed by atoms with Crippen molar-refractivity contribution in [2.24, 2.45) is 0 Å². The molecule has 0 N–H and O–H groups in total. The Morgan fingerprint density at radius 1 is 1.08 bits per heavy atom. The summed E-state index contributed by atoms with van der Waals surface area (Å²) in [7, 11) is 0. The van der Waals surface area contributed by atoms with E-state index in [9.17, 15) is 0 Å². The Kier molecular flexibility index (Phi) is 4.21. The Morgan fingerprint density at radius 3 is 2.73 bits per heavy atom. The molecule has 0 saturated heterocycles. The van der Waals surface area contributed by atoms with E-state index in [0.29, 0.717) is 6.54 Å². The first-order valence-corrected chi connectivity index (χ1v) is 8.63. The lowest BCUT2D eigenvalue weighted by Crippen LogP contribution is -2.04. The summed E-state index contributed by atoms with van der Waals surface area (Å²) < 4.78 is 2.08. The van der Waals surface area contributed by atoms with Crippen molar-refractivity contribution < 1.29 is 0 Å². The third kappa shape index (κ3) is 2.67. The molecule has 4 aromatic rings. The summed E-state index contributed by atoms with van der Waals surface area (Å²) in [6.07, 6.45) is 7.95. The average Bonchev–Trinajstić information content (AvgIpc) is 3.24. The maximum absolute atomic E-state index is 4.31. The molecule has 0 spiro atoms. The van der Waals surface area contributed by atoms with E-state index in [2.05, 4.69) is 56.1 Å². The van der Waals surface area contributed by atoms with Crippen LogP contribution in [0.2, 0.25) is 0 Å². The van der Waals surface area contributed by atoms with Gasteiger partial charge in [0.25, 0.3) is 0 Å². The number of hydrogen-bond donors (Lipinski definition) is 0. The Hall–Kier alpha value is -2.72. The van der Waals surface area contributed by atoms with Gasteiger partial charge in [-0.25, -0.2) is 4.98 Å². The minimum atomic E-state index is 0. The summed E-state index contributed by atoms with van der Waals surface area (Å²) in [6.45, 7) is 2.69. The Bertz CT molecular complexity index is 1090. The highest BCUT2D eigenvalue weighted by Crippen LogP contribution is 2.36. The van der Waals surface area contributed by atoms with E-state index in [1.807, 2.05) is 25.5 Å². The lowest BCUT2D eigenvalue weighted by Gasteiger charge is -2.10. The molecule has 0 unspecified atom stereocenters. The molecule has 26 heavy (non-hydrogen) atoms. The molecule has 4 nitrogen and oxygen atoms in total. The summed E-state index contributed by atoms with van der Waals surface area (Å²) in [6, 6.07) is 13.3. The highest BCUT2D eigenvalue weighted by atomic mass is 35.5. The van der Waals surface area contributed by atoms with Crippen LogP contribution in [0.3, 0.4) is 0 Å². The van der Waals surface area contributed by atoms with Gasteiger partial charge in [-0.2, -0.15) is 10.2 Å². The zero-order valence-corrected chi connectivity index (χ0v) is 15.3. The van der Waals surface area contributed by atoms with Gasteiger partial charge in [0.2, 0.25) is 0 Å². The third-order valence-corrected chi connectivity index (χ3v) is 5.15. The molecule has 0 bridgehead atoms. The number of benzene rings is 2. The van der Waals surface area contributed by atoms with E-state index in [0.717, 1.165) is 29.9 Å². The highest BCUT2D eigenvalue weighted by Gasteiger charge is 2.16. The predicted octanol–water partition coefficient (Wildman–Crippen LogP) is 4.37. The first-order chi connectivity index (χ1) is 12.3. The number of aromatic nitrogens is 4. The minimum Gasteiger partial charge on any atom is -0.329 e. The summed E-state index contributed by atoms with van der Waals surface area (Å²) in [5.41, 5.74) is 6.23. The Morgan fingerprint density at radius 2 is 1.92 bits per heavy atom. The van der Waals surface area contributed by atoms with Gasteiger partial charge in [0.1, 0.15) is 5.82 Å². The number of imidazole rings is 1. The number of hydrogen-bond acceptors (Lipinski definition) is 3. The van der Waals surface area contributed by atoms with Crippen molar-refractivity contribution in [3.8, 4) is 11.1 Å². The van der Waals surface area contributed by atoms with Gasteiger partial charge in [-0.15, -0.1) is 12.4 Å². The van der Waals surface area contributed by atoms with Crippen LogP contribution in [0.5, 0.6) is 0 Å². The van der Waals surface area contributed by atoms with Crippen LogP contribution in [-0.4, -0.2) is 19.7 Å². The summed E-state index contributed by atoms with van der Waals surface area (Å²) in [4.78, 5) is 4.28. The van der Waals surface area contributed by atoms with E-state index >= 15 is 0 Å². The molecule has 5 rings (SSSR count). The molecule has 0 saturated carbocycles. The van der Waals surface area contributed by atoms with Gasteiger partial charge in [-0.3, -0.25) is 0 Å². The van der Waals surface area contributed by atoms with Crippen LogP contribution in [0.4, 0.5) is 0 Å². The first kappa shape index (κ1) is 16.7. The normalized spacial score (nSPS) is 12.3. The van der Waals surface area contributed by atoms with Crippen molar-refractivity contribution in [3.05, 3.63) is 77.6 Å². The average molecular weight is 363 g/mol. The fourth-order valence-corrected chi connectivity index (χ4v) is 3.88. The molecule has 5 heteroatoms. The fraction of sp³-hybridized carbons (Fsp3) is 0.190. The van der Waals surface area contributed by atoms with Crippen molar-refractivity contribution >= 4 is 23.2 Å². The summed E-state index contributed by atoms with van der Waals surface area (Å²) >= 11 is 0. The number of rotatable bonds is 3. The van der Waals surface area contributed by atoms with E-state index in [-0.39, 0.29) is 12.4 Å². The van der Waals surface area contributed by atoms with E-state index in [1.54, 1.807) is 0 Å². The monoisotopic (exact) mass is 362 g/mol. The topological polar surface area (TPSA) is 43.6 Å². The van der Waals surface area contributed by atoms with Gasteiger partial charge in [0.05, 0.1) is 18.4 Å². The maximum atomic E-state index is 4.31. The molecule has 0 amide bonds. The molecular formula is C21H19ClN4. The molecule has 0 radical (unpaired) electrons. The molecule has 1 aliphatic carbocycles. The highest BCUT2D eigenvalue weighted by molar-refractivity contribution is 6.01. The van der Waals surface area contributed by atoms with E-state index in [1.165, 1.54) is 27.5 Å². The zero-order chi connectivity index (χ0) is 16.8. The van der Waals surface area contributed by atoms with E-state index in [4.69, 9.17) is 0 Å². The second kappa shape index (κ2) is 6.54. The molecular weight excluding hydrogens is 344 g/mol. The second-order valence-corrected chi connectivity index (χ2v) is 6.65. The molecule has 0 fully saturated rings. The van der Waals surface area contributed by atoms with Crippen molar-refractivity contribution in [1.29, 1.82) is 0 Å². The van der Waals surface area contributed by atoms with Crippen LogP contribution in [0.15, 0.2) is 55.0 Å². The fourth-order valence-electron chi connectivity index (χ4n) is 3.88. The molecule has 1 aliphatic rings. The molecule has 2 aromatic heterocycles. The number of halogens is 1. The molecule has 0 atom stereocenters. The van der Waals surface area contributed by atoms with Crippen LogP contribution in [0.25, 0.3) is 21.9 Å². The molecule has 2 heterocycles. The van der Waals surface area contributed by atoms with Crippen LogP contribution < -0.4 is 0 Å². The van der Waals surface area contributed by atoms with Crippen molar-refractivity contribution in [3.63, 3.8) is 0 Å². The Labute approximate surface area is 158 Å². The largest absolute Gasteiger partial charge is 0.329 e. The van der Waals surface area contributed by atoms with Crippen LogP contribution in [-0.2, 0) is 19.4 Å². The van der Waals surface area contributed by atoms with Crippen molar-refractivity contribution in [2.45, 2.75) is 26.3 Å².